The minimum absolute atomic E-state index is 0.164. The Balaban J connectivity index is 1.97. The summed E-state index contributed by atoms with van der Waals surface area (Å²) in [6, 6.07) is 4.40. The van der Waals surface area contributed by atoms with Crippen molar-refractivity contribution in [2.45, 2.75) is 52.2 Å². The maximum atomic E-state index is 6.30. The largest absolute Gasteiger partial charge is 0.483 e. The molecule has 1 aromatic rings. The van der Waals surface area contributed by atoms with Gasteiger partial charge in [0, 0.05) is 18.0 Å². The Hall–Kier alpha value is -1.42. The molecule has 0 saturated carbocycles. The molecule has 116 valence electrons. The first kappa shape index (κ1) is 14.5. The molecule has 4 nitrogen and oxygen atoms in total. The van der Waals surface area contributed by atoms with E-state index < -0.39 is 0 Å². The summed E-state index contributed by atoms with van der Waals surface area (Å²) in [6.45, 7) is 10.1. The van der Waals surface area contributed by atoms with E-state index in [4.69, 9.17) is 14.2 Å². The lowest BCUT2D eigenvalue weighted by molar-refractivity contribution is 0.0398. The fraction of sp³-hybridized carbons (Fsp3) is 0.647. The van der Waals surface area contributed by atoms with Crippen LogP contribution in [0.25, 0.3) is 0 Å². The van der Waals surface area contributed by atoms with Crippen LogP contribution in [0.4, 0.5) is 0 Å². The van der Waals surface area contributed by atoms with Crippen molar-refractivity contribution < 1.29 is 14.2 Å². The van der Waals surface area contributed by atoms with Crippen molar-refractivity contribution in [3.63, 3.8) is 0 Å². The lowest BCUT2D eigenvalue weighted by Crippen LogP contribution is -2.42. The van der Waals surface area contributed by atoms with Crippen LogP contribution < -0.4 is 19.5 Å². The number of hydrogen-bond acceptors (Lipinski definition) is 4. The average Bonchev–Trinajstić information content (AvgIpc) is 2.93. The molecule has 0 fully saturated rings. The summed E-state index contributed by atoms with van der Waals surface area (Å²) in [6.07, 6.45) is 1.94. The summed E-state index contributed by atoms with van der Waals surface area (Å²) >= 11 is 0. The van der Waals surface area contributed by atoms with Gasteiger partial charge >= 0.3 is 0 Å². The highest BCUT2D eigenvalue weighted by Crippen LogP contribution is 2.51. The summed E-state index contributed by atoms with van der Waals surface area (Å²) in [5.41, 5.74) is 1.02. The van der Waals surface area contributed by atoms with Crippen molar-refractivity contribution in [3.05, 3.63) is 17.7 Å². The molecular weight excluding hydrogens is 266 g/mol. The van der Waals surface area contributed by atoms with E-state index in [9.17, 15) is 0 Å². The lowest BCUT2D eigenvalue weighted by Gasteiger charge is -2.40. The van der Waals surface area contributed by atoms with Crippen molar-refractivity contribution in [1.29, 1.82) is 0 Å². The molecule has 0 spiro atoms. The van der Waals surface area contributed by atoms with Gasteiger partial charge in [-0.1, -0.05) is 20.8 Å². The van der Waals surface area contributed by atoms with E-state index >= 15 is 0 Å². The third kappa shape index (κ3) is 2.69. The van der Waals surface area contributed by atoms with Crippen molar-refractivity contribution in [3.8, 4) is 17.2 Å². The molecule has 0 aliphatic carbocycles. The van der Waals surface area contributed by atoms with Crippen LogP contribution >= 0.6 is 0 Å². The van der Waals surface area contributed by atoms with Gasteiger partial charge in [0.05, 0.1) is 0 Å². The Bertz CT molecular complexity index is 529. The van der Waals surface area contributed by atoms with Crippen LogP contribution in [0.15, 0.2) is 12.1 Å². The summed E-state index contributed by atoms with van der Waals surface area (Å²) in [7, 11) is 0. The van der Waals surface area contributed by atoms with Gasteiger partial charge in [-0.05, 0) is 37.9 Å². The van der Waals surface area contributed by atoms with Crippen molar-refractivity contribution >= 4 is 0 Å². The van der Waals surface area contributed by atoms with Crippen molar-refractivity contribution in [2.24, 2.45) is 5.92 Å². The van der Waals surface area contributed by atoms with Gasteiger partial charge in [0.15, 0.2) is 11.5 Å². The van der Waals surface area contributed by atoms with E-state index in [1.54, 1.807) is 0 Å². The molecule has 2 aliphatic rings. The maximum absolute atomic E-state index is 6.30. The third-order valence-electron chi connectivity index (χ3n) is 4.40. The number of benzene rings is 1. The molecule has 3 rings (SSSR count). The molecule has 2 heterocycles. The first-order valence-corrected chi connectivity index (χ1v) is 7.87. The van der Waals surface area contributed by atoms with Crippen LogP contribution in [0, 0.1) is 5.92 Å². The summed E-state index contributed by atoms with van der Waals surface area (Å²) in [5, 5.41) is 3.68. The molecule has 4 heteroatoms. The quantitative estimate of drug-likeness (QED) is 0.919. The van der Waals surface area contributed by atoms with Crippen LogP contribution in [0.5, 0.6) is 17.2 Å². The van der Waals surface area contributed by atoms with E-state index in [-0.39, 0.29) is 12.4 Å². The number of rotatable bonds is 4. The number of nitrogens with one attached hydrogen (secondary N) is 1. The monoisotopic (exact) mass is 291 g/mol. The van der Waals surface area contributed by atoms with Crippen LogP contribution in [0.1, 0.15) is 52.1 Å². The second-order valence-electron chi connectivity index (χ2n) is 6.68. The third-order valence-corrected chi connectivity index (χ3v) is 4.40. The maximum Gasteiger partial charge on any atom is 0.231 e. The fourth-order valence-corrected chi connectivity index (χ4v) is 2.95. The molecule has 2 aliphatic heterocycles. The van der Waals surface area contributed by atoms with Crippen LogP contribution in [-0.4, -0.2) is 18.9 Å². The Morgan fingerprint density at radius 1 is 1.29 bits per heavy atom. The molecule has 21 heavy (non-hydrogen) atoms. The zero-order chi connectivity index (χ0) is 15.0. The van der Waals surface area contributed by atoms with Crippen molar-refractivity contribution in [1.82, 2.24) is 5.32 Å². The van der Waals surface area contributed by atoms with Gasteiger partial charge in [-0.2, -0.15) is 0 Å². The Morgan fingerprint density at radius 2 is 2.10 bits per heavy atom. The summed E-state index contributed by atoms with van der Waals surface area (Å²) < 4.78 is 17.4. The summed E-state index contributed by atoms with van der Waals surface area (Å²) in [4.78, 5) is 0. The molecular formula is C17H25NO3. The van der Waals surface area contributed by atoms with Gasteiger partial charge < -0.3 is 19.5 Å². The second-order valence-corrected chi connectivity index (χ2v) is 6.68. The van der Waals surface area contributed by atoms with E-state index in [1.807, 2.05) is 6.07 Å². The SMILES string of the molecule is CCC1(C)CC(NCC(C)C)c2ccc3c(c2O1)OCO3. The molecule has 2 unspecified atom stereocenters. The normalized spacial score (nSPS) is 26.6. The molecule has 2 atom stereocenters. The molecule has 0 radical (unpaired) electrons. The average molecular weight is 291 g/mol. The number of hydrogen-bond donors (Lipinski definition) is 1. The van der Waals surface area contributed by atoms with Gasteiger partial charge in [0.25, 0.3) is 0 Å². The van der Waals surface area contributed by atoms with E-state index in [0.717, 1.165) is 36.6 Å². The molecule has 0 saturated heterocycles. The van der Waals surface area contributed by atoms with Crippen LogP contribution in [-0.2, 0) is 0 Å². The number of ether oxygens (including phenoxy) is 3. The second kappa shape index (κ2) is 5.41. The highest BCUT2D eigenvalue weighted by molar-refractivity contribution is 5.58. The van der Waals surface area contributed by atoms with Crippen LogP contribution in [0.3, 0.4) is 0 Å². The van der Waals surface area contributed by atoms with Gasteiger partial charge in [-0.25, -0.2) is 0 Å². The van der Waals surface area contributed by atoms with Crippen molar-refractivity contribution in [2.75, 3.05) is 13.3 Å². The number of fused-ring (bicyclic) bond motifs is 3. The standard InChI is InChI=1S/C17H25NO3/c1-5-17(4)8-13(18-9-11(2)3)12-6-7-14-16(15(12)21-17)20-10-19-14/h6-7,11,13,18H,5,8-10H2,1-4H3. The van der Waals surface area contributed by atoms with Gasteiger partial charge in [-0.3, -0.25) is 0 Å². The Kier molecular flexibility index (Phi) is 3.74. The molecule has 0 bridgehead atoms. The lowest BCUT2D eigenvalue weighted by atomic mass is 9.86. The highest BCUT2D eigenvalue weighted by atomic mass is 16.7. The zero-order valence-electron chi connectivity index (χ0n) is 13.4. The van der Waals surface area contributed by atoms with Crippen LogP contribution in [0.2, 0.25) is 0 Å². The first-order chi connectivity index (χ1) is 10.0. The van der Waals surface area contributed by atoms with Gasteiger partial charge in [0.2, 0.25) is 12.5 Å². The van der Waals surface area contributed by atoms with Gasteiger partial charge in [0.1, 0.15) is 5.60 Å². The molecule has 0 aromatic heterocycles. The Labute approximate surface area is 126 Å². The van der Waals surface area contributed by atoms with E-state index in [2.05, 4.69) is 39.1 Å². The zero-order valence-corrected chi connectivity index (χ0v) is 13.4. The smallest absolute Gasteiger partial charge is 0.231 e. The minimum Gasteiger partial charge on any atom is -0.483 e. The molecule has 0 amide bonds. The minimum atomic E-state index is -0.164. The first-order valence-electron chi connectivity index (χ1n) is 7.87. The van der Waals surface area contributed by atoms with Gasteiger partial charge in [-0.15, -0.1) is 0 Å². The van der Waals surface area contributed by atoms with E-state index in [0.29, 0.717) is 12.0 Å². The highest BCUT2D eigenvalue weighted by Gasteiger charge is 2.39. The predicted molar refractivity (Wildman–Crippen MR) is 82.1 cm³/mol. The Morgan fingerprint density at radius 3 is 2.81 bits per heavy atom. The topological polar surface area (TPSA) is 39.7 Å². The molecule has 1 aromatic carbocycles. The fourth-order valence-electron chi connectivity index (χ4n) is 2.95. The summed E-state index contributed by atoms with van der Waals surface area (Å²) in [5.74, 6) is 3.04. The van der Waals surface area contributed by atoms with E-state index in [1.165, 1.54) is 5.56 Å². The molecule has 1 N–H and O–H groups in total. The predicted octanol–water partition coefficient (Wildman–Crippen LogP) is 3.65.